The summed E-state index contributed by atoms with van der Waals surface area (Å²) in [5.74, 6) is -2.40. The van der Waals surface area contributed by atoms with Gasteiger partial charge in [0.1, 0.15) is 0 Å². The molecule has 0 fully saturated rings. The number of hydrogen-bond acceptors (Lipinski definition) is 7. The molecule has 5 amide bonds. The molecule has 0 unspecified atom stereocenters. The quantitative estimate of drug-likeness (QED) is 0.199. The number of nitrogens with one attached hydrogen (secondary N) is 4. The molecule has 11 nitrogen and oxygen atoms in total. The van der Waals surface area contributed by atoms with Gasteiger partial charge < -0.3 is 27.0 Å². The molecule has 0 bridgehead atoms. The molecular weight excluding hydrogens is 390 g/mol. The second kappa shape index (κ2) is 15.4. The van der Waals surface area contributed by atoms with Gasteiger partial charge in [-0.15, -0.1) is 0 Å². The van der Waals surface area contributed by atoms with E-state index in [2.05, 4.69) is 21.3 Å². The van der Waals surface area contributed by atoms with Gasteiger partial charge >= 0.3 is 0 Å². The summed E-state index contributed by atoms with van der Waals surface area (Å²) in [5, 5.41) is 9.36. The maximum absolute atomic E-state index is 11.6. The first-order chi connectivity index (χ1) is 13.2. The maximum atomic E-state index is 11.6. The summed E-state index contributed by atoms with van der Waals surface area (Å²) in [7, 11) is 0. The van der Waals surface area contributed by atoms with Gasteiger partial charge in [0, 0.05) is 19.9 Å². The minimum Gasteiger partial charge on any atom is -0.370 e. The molecule has 28 heavy (non-hydrogen) atoms. The molecule has 0 heterocycles. The highest BCUT2D eigenvalue weighted by molar-refractivity contribution is 8.14. The van der Waals surface area contributed by atoms with E-state index < -0.39 is 17.7 Å². The Morgan fingerprint density at radius 3 is 1.71 bits per heavy atom. The van der Waals surface area contributed by atoms with Gasteiger partial charge in [-0.3, -0.25) is 28.8 Å². The molecule has 12 heteroatoms. The highest BCUT2D eigenvalue weighted by atomic mass is 32.2. The number of rotatable bonds is 14. The van der Waals surface area contributed by atoms with Crippen LogP contribution in [0.15, 0.2) is 0 Å². The lowest BCUT2D eigenvalue weighted by molar-refractivity contribution is -0.128. The number of carbonyl (C=O) groups is 6. The van der Waals surface area contributed by atoms with Gasteiger partial charge in [-0.25, -0.2) is 0 Å². The van der Waals surface area contributed by atoms with Crippen LogP contribution in [0.5, 0.6) is 0 Å². The zero-order chi connectivity index (χ0) is 21.4. The summed E-state index contributed by atoms with van der Waals surface area (Å²) in [4.78, 5) is 67.2. The SMILES string of the molecule is CC(=O)SCC(=O)NCC(=O)NCC(=O)NCC(=O)NCCCCCC(N)=O. The second-order valence-electron chi connectivity index (χ2n) is 5.74. The Hall–Kier alpha value is -2.63. The largest absolute Gasteiger partial charge is 0.370 e. The Bertz CT molecular complexity index is 584. The summed E-state index contributed by atoms with van der Waals surface area (Å²) in [6, 6.07) is 0. The lowest BCUT2D eigenvalue weighted by atomic mass is 10.2. The van der Waals surface area contributed by atoms with Crippen molar-refractivity contribution in [2.75, 3.05) is 31.9 Å². The molecule has 0 saturated carbocycles. The Labute approximate surface area is 167 Å². The van der Waals surface area contributed by atoms with Crippen LogP contribution in [0.1, 0.15) is 32.6 Å². The van der Waals surface area contributed by atoms with Crippen LogP contribution in [0.4, 0.5) is 0 Å². The van der Waals surface area contributed by atoms with E-state index in [0.717, 1.165) is 18.2 Å². The van der Waals surface area contributed by atoms with Crippen molar-refractivity contribution >= 4 is 46.4 Å². The van der Waals surface area contributed by atoms with Gasteiger partial charge in [0.2, 0.25) is 29.5 Å². The summed E-state index contributed by atoms with van der Waals surface area (Å²) >= 11 is 0.826. The number of carbonyl (C=O) groups excluding carboxylic acids is 6. The standard InChI is InChI=1S/C16H27N5O6S/c1-11(22)28-10-16(27)21-9-15(26)20-8-14(25)19-7-13(24)18-6-4-2-3-5-12(17)23/h2-10H2,1H3,(H2,17,23)(H,18,24)(H,19,25)(H,20,26)(H,21,27). The van der Waals surface area contributed by atoms with E-state index in [1.807, 2.05) is 0 Å². The third kappa shape index (κ3) is 16.8. The van der Waals surface area contributed by atoms with Crippen molar-refractivity contribution in [3.63, 3.8) is 0 Å². The minimum atomic E-state index is -0.572. The first kappa shape index (κ1) is 25.4. The Balaban J connectivity index is 3.70. The molecule has 0 aromatic carbocycles. The maximum Gasteiger partial charge on any atom is 0.239 e. The van der Waals surface area contributed by atoms with E-state index in [9.17, 15) is 28.8 Å². The van der Waals surface area contributed by atoms with Crippen LogP contribution >= 0.6 is 11.8 Å². The highest BCUT2D eigenvalue weighted by Gasteiger charge is 2.09. The van der Waals surface area contributed by atoms with Crippen molar-refractivity contribution < 1.29 is 28.8 Å². The Morgan fingerprint density at radius 1 is 0.714 bits per heavy atom. The first-order valence-electron chi connectivity index (χ1n) is 8.69. The van der Waals surface area contributed by atoms with E-state index in [-0.39, 0.29) is 42.3 Å². The molecule has 0 saturated heterocycles. The van der Waals surface area contributed by atoms with Crippen molar-refractivity contribution in [2.45, 2.75) is 32.6 Å². The number of amides is 5. The van der Waals surface area contributed by atoms with Gasteiger partial charge in [-0.05, 0) is 12.8 Å². The zero-order valence-electron chi connectivity index (χ0n) is 15.8. The fourth-order valence-electron chi connectivity index (χ4n) is 1.77. The third-order valence-electron chi connectivity index (χ3n) is 3.17. The molecule has 158 valence electrons. The minimum absolute atomic E-state index is 0.0800. The van der Waals surface area contributed by atoms with Gasteiger partial charge in [-0.2, -0.15) is 0 Å². The van der Waals surface area contributed by atoms with E-state index in [1.165, 1.54) is 6.92 Å². The number of unbranched alkanes of at least 4 members (excludes halogenated alkanes) is 2. The molecule has 0 aliphatic rings. The fraction of sp³-hybridized carbons (Fsp3) is 0.625. The molecule has 0 atom stereocenters. The Kier molecular flexibility index (Phi) is 14.0. The van der Waals surface area contributed by atoms with Crippen LogP contribution in [0.3, 0.4) is 0 Å². The van der Waals surface area contributed by atoms with Crippen LogP contribution in [0, 0.1) is 0 Å². The van der Waals surface area contributed by atoms with Gasteiger partial charge in [-0.1, -0.05) is 18.2 Å². The molecular formula is C16H27N5O6S. The summed E-state index contributed by atoms with van der Waals surface area (Å²) in [6.45, 7) is 0.870. The number of nitrogens with two attached hydrogens (primary N) is 1. The van der Waals surface area contributed by atoms with Crippen LogP contribution in [0.2, 0.25) is 0 Å². The van der Waals surface area contributed by atoms with E-state index in [0.29, 0.717) is 25.8 Å². The normalized spacial score (nSPS) is 9.89. The fourth-order valence-corrected chi connectivity index (χ4v) is 2.21. The van der Waals surface area contributed by atoms with Crippen LogP contribution in [0.25, 0.3) is 0 Å². The molecule has 0 aliphatic heterocycles. The van der Waals surface area contributed by atoms with Gasteiger partial charge in [0.05, 0.1) is 25.4 Å². The van der Waals surface area contributed by atoms with E-state index in [4.69, 9.17) is 5.73 Å². The predicted octanol–water partition coefficient (Wildman–Crippen LogP) is -2.22. The monoisotopic (exact) mass is 417 g/mol. The molecule has 0 aromatic heterocycles. The van der Waals surface area contributed by atoms with Crippen molar-refractivity contribution in [3.05, 3.63) is 0 Å². The Morgan fingerprint density at radius 2 is 1.21 bits per heavy atom. The zero-order valence-corrected chi connectivity index (χ0v) is 16.6. The molecule has 6 N–H and O–H groups in total. The van der Waals surface area contributed by atoms with Crippen molar-refractivity contribution in [1.29, 1.82) is 0 Å². The predicted molar refractivity (Wildman–Crippen MR) is 103 cm³/mol. The van der Waals surface area contributed by atoms with Crippen molar-refractivity contribution in [3.8, 4) is 0 Å². The lowest BCUT2D eigenvalue weighted by Crippen LogP contribution is -2.44. The average Bonchev–Trinajstić information content (AvgIpc) is 2.63. The number of primary amides is 1. The third-order valence-corrected chi connectivity index (χ3v) is 3.98. The van der Waals surface area contributed by atoms with Crippen molar-refractivity contribution in [1.82, 2.24) is 21.3 Å². The first-order valence-corrected chi connectivity index (χ1v) is 9.67. The van der Waals surface area contributed by atoms with Crippen LogP contribution in [-0.2, 0) is 28.8 Å². The average molecular weight is 417 g/mol. The van der Waals surface area contributed by atoms with E-state index >= 15 is 0 Å². The van der Waals surface area contributed by atoms with E-state index in [1.54, 1.807) is 0 Å². The molecule has 0 aromatic rings. The number of thioether (sulfide) groups is 1. The molecule has 0 rings (SSSR count). The van der Waals surface area contributed by atoms with Crippen LogP contribution in [-0.4, -0.2) is 66.6 Å². The summed E-state index contributed by atoms with van der Waals surface area (Å²) in [6.07, 6.45) is 2.43. The van der Waals surface area contributed by atoms with Crippen molar-refractivity contribution in [2.24, 2.45) is 5.73 Å². The van der Waals surface area contributed by atoms with Crippen LogP contribution < -0.4 is 27.0 Å². The summed E-state index contributed by atoms with van der Waals surface area (Å²) < 4.78 is 0. The summed E-state index contributed by atoms with van der Waals surface area (Å²) in [5.41, 5.74) is 5.01. The molecule has 0 radical (unpaired) electrons. The topological polar surface area (TPSA) is 177 Å². The molecule has 0 aliphatic carbocycles. The smallest absolute Gasteiger partial charge is 0.239 e. The highest BCUT2D eigenvalue weighted by Crippen LogP contribution is 1.99. The number of hydrogen-bond donors (Lipinski definition) is 5. The molecule has 0 spiro atoms. The lowest BCUT2D eigenvalue weighted by Gasteiger charge is -2.08. The second-order valence-corrected chi connectivity index (χ2v) is 6.89. The van der Waals surface area contributed by atoms with Gasteiger partial charge in [0.25, 0.3) is 0 Å². The van der Waals surface area contributed by atoms with Gasteiger partial charge in [0.15, 0.2) is 5.12 Å².